The number of amides is 1. The standard InChI is InChI=1S/C32H43ClN2O2S.BrH/c1-3-4-5-6-7-8-9-10-11-12-13-16-22-37-31-24-28(33)19-20-29(31)32(36)34-30-18-15-14-17-27(30)25-35-21-23-38-26(35)2;/h14-15,17-21,23-24H,3-13,16,22,25H2,1-2H3;1H. The summed E-state index contributed by atoms with van der Waals surface area (Å²) in [6.07, 6.45) is 17.7. The van der Waals surface area contributed by atoms with Crippen LogP contribution in [0.15, 0.2) is 54.0 Å². The average molecular weight is 636 g/mol. The first kappa shape index (κ1) is 33.3. The zero-order valence-electron chi connectivity index (χ0n) is 23.5. The summed E-state index contributed by atoms with van der Waals surface area (Å²) < 4.78 is 8.23. The second-order valence-corrected chi connectivity index (χ2v) is 11.6. The van der Waals surface area contributed by atoms with Crippen LogP contribution in [0.5, 0.6) is 5.75 Å². The van der Waals surface area contributed by atoms with Crippen molar-refractivity contribution in [3.05, 3.63) is 75.2 Å². The molecule has 39 heavy (non-hydrogen) atoms. The number of aryl methyl sites for hydroxylation is 1. The molecule has 3 aromatic rings. The Morgan fingerprint density at radius 3 is 2.21 bits per heavy atom. The minimum atomic E-state index is -0.189. The average Bonchev–Trinajstić information content (AvgIpc) is 3.32. The van der Waals surface area contributed by atoms with Gasteiger partial charge in [0.15, 0.2) is 12.7 Å². The molecule has 1 amide bonds. The summed E-state index contributed by atoms with van der Waals surface area (Å²) in [5.41, 5.74) is 2.36. The van der Waals surface area contributed by atoms with Crippen molar-refractivity contribution in [1.29, 1.82) is 0 Å². The van der Waals surface area contributed by atoms with E-state index in [-0.39, 0.29) is 22.9 Å². The number of halogens is 2. The van der Waals surface area contributed by atoms with E-state index >= 15 is 0 Å². The van der Waals surface area contributed by atoms with Gasteiger partial charge in [-0.3, -0.25) is 4.79 Å². The molecular weight excluding hydrogens is 592 g/mol. The van der Waals surface area contributed by atoms with E-state index in [1.165, 1.54) is 69.2 Å². The highest BCUT2D eigenvalue weighted by Gasteiger charge is 2.17. The van der Waals surface area contributed by atoms with Crippen molar-refractivity contribution >= 4 is 34.5 Å². The Balaban J connectivity index is 0.00000533. The van der Waals surface area contributed by atoms with E-state index in [4.69, 9.17) is 16.3 Å². The predicted molar refractivity (Wildman–Crippen MR) is 161 cm³/mol. The zero-order chi connectivity index (χ0) is 27.0. The molecular formula is C32H44BrClN2O2S. The van der Waals surface area contributed by atoms with E-state index in [1.807, 2.05) is 24.3 Å². The molecule has 1 N–H and O–H groups in total. The fraction of sp³-hybridized carbons (Fsp3) is 0.500. The summed E-state index contributed by atoms with van der Waals surface area (Å²) in [6, 6.07) is 13.2. The number of para-hydroxylation sites is 1. The van der Waals surface area contributed by atoms with Crippen molar-refractivity contribution in [2.45, 2.75) is 97.4 Å². The van der Waals surface area contributed by atoms with Gasteiger partial charge in [-0.15, -0.1) is 0 Å². The number of ether oxygens (including phenoxy) is 1. The molecule has 214 valence electrons. The molecule has 1 aromatic heterocycles. The third-order valence-corrected chi connectivity index (χ3v) is 8.00. The molecule has 0 bridgehead atoms. The lowest BCUT2D eigenvalue weighted by Gasteiger charge is -2.14. The maximum absolute atomic E-state index is 13.3. The molecule has 2 aromatic carbocycles. The minimum Gasteiger partial charge on any atom is -1.00 e. The van der Waals surface area contributed by atoms with Crippen LogP contribution in [-0.4, -0.2) is 12.5 Å². The Bertz CT molecular complexity index is 1120. The summed E-state index contributed by atoms with van der Waals surface area (Å²) in [5, 5.41) is 6.95. The van der Waals surface area contributed by atoms with Crippen LogP contribution in [-0.2, 0) is 6.54 Å². The fourth-order valence-electron chi connectivity index (χ4n) is 4.62. The van der Waals surface area contributed by atoms with Gasteiger partial charge in [-0.05, 0) is 30.7 Å². The van der Waals surface area contributed by atoms with Crippen LogP contribution < -0.4 is 31.6 Å². The molecule has 0 radical (unpaired) electrons. The predicted octanol–water partition coefficient (Wildman–Crippen LogP) is 6.38. The van der Waals surface area contributed by atoms with Crippen molar-refractivity contribution in [1.82, 2.24) is 0 Å². The summed E-state index contributed by atoms with van der Waals surface area (Å²) in [6.45, 7) is 5.65. The number of aromatic nitrogens is 1. The second-order valence-electron chi connectivity index (χ2n) is 10.0. The first-order valence-corrected chi connectivity index (χ1v) is 15.6. The van der Waals surface area contributed by atoms with Crippen molar-refractivity contribution in [3.8, 4) is 5.75 Å². The van der Waals surface area contributed by atoms with Crippen LogP contribution in [0.3, 0.4) is 0 Å². The normalized spacial score (nSPS) is 10.7. The number of anilines is 1. The van der Waals surface area contributed by atoms with Gasteiger partial charge < -0.3 is 27.0 Å². The van der Waals surface area contributed by atoms with Gasteiger partial charge in [0.05, 0.1) is 23.2 Å². The second kappa shape index (κ2) is 19.2. The van der Waals surface area contributed by atoms with E-state index in [0.717, 1.165) is 24.1 Å². The highest BCUT2D eigenvalue weighted by atomic mass is 79.9. The highest BCUT2D eigenvalue weighted by molar-refractivity contribution is 7.09. The van der Waals surface area contributed by atoms with E-state index < -0.39 is 0 Å². The van der Waals surface area contributed by atoms with Crippen molar-refractivity contribution in [2.75, 3.05) is 11.9 Å². The minimum absolute atomic E-state index is 0. The molecule has 7 heteroatoms. The largest absolute Gasteiger partial charge is 1.00 e. The van der Waals surface area contributed by atoms with Crippen LogP contribution in [0.25, 0.3) is 0 Å². The lowest BCUT2D eigenvalue weighted by molar-refractivity contribution is -0.689. The first-order valence-electron chi connectivity index (χ1n) is 14.3. The van der Waals surface area contributed by atoms with Crippen molar-refractivity contribution in [3.63, 3.8) is 0 Å². The molecule has 3 rings (SSSR count). The lowest BCUT2D eigenvalue weighted by atomic mass is 10.1. The van der Waals surface area contributed by atoms with Crippen LogP contribution in [0, 0.1) is 6.92 Å². The van der Waals surface area contributed by atoms with E-state index in [2.05, 4.69) is 35.3 Å². The summed E-state index contributed by atoms with van der Waals surface area (Å²) >= 11 is 7.96. The number of nitrogens with one attached hydrogen (secondary N) is 1. The number of carbonyl (C=O) groups is 1. The van der Waals surface area contributed by atoms with Gasteiger partial charge in [-0.2, -0.15) is 4.57 Å². The molecule has 0 aliphatic rings. The summed E-state index contributed by atoms with van der Waals surface area (Å²) in [7, 11) is 0. The SMILES string of the molecule is CCCCCCCCCCCCCCOc1cc(Cl)ccc1C(=O)Nc1ccccc1C[n+]1ccsc1C.[Br-]. The topological polar surface area (TPSA) is 42.2 Å². The number of rotatable bonds is 18. The quantitative estimate of drug-likeness (QED) is 0.130. The third kappa shape index (κ3) is 12.0. The third-order valence-electron chi connectivity index (χ3n) is 6.93. The number of unbranched alkanes of at least 4 members (excludes halogenated alkanes) is 11. The molecule has 0 spiro atoms. The van der Waals surface area contributed by atoms with Crippen LogP contribution >= 0.6 is 22.9 Å². The molecule has 1 heterocycles. The molecule has 0 saturated heterocycles. The van der Waals surface area contributed by atoms with Gasteiger partial charge in [0.2, 0.25) is 5.01 Å². The maximum atomic E-state index is 13.3. The Hall–Kier alpha value is -1.89. The number of nitrogens with zero attached hydrogens (tertiary/aromatic N) is 1. The Morgan fingerprint density at radius 1 is 0.923 bits per heavy atom. The monoisotopic (exact) mass is 634 g/mol. The zero-order valence-corrected chi connectivity index (χ0v) is 26.7. The Kier molecular flexibility index (Phi) is 16.4. The number of hydrogen-bond donors (Lipinski definition) is 1. The lowest BCUT2D eigenvalue weighted by Crippen LogP contribution is -3.00. The molecule has 0 saturated carbocycles. The number of thiazole rings is 1. The molecule has 0 atom stereocenters. The van der Waals surface area contributed by atoms with Crippen LogP contribution in [0.2, 0.25) is 5.02 Å². The van der Waals surface area contributed by atoms with Gasteiger partial charge in [0.1, 0.15) is 5.75 Å². The smallest absolute Gasteiger partial charge is 0.259 e. The maximum Gasteiger partial charge on any atom is 0.259 e. The molecule has 4 nitrogen and oxygen atoms in total. The number of carbonyl (C=O) groups excluding carboxylic acids is 1. The van der Waals surface area contributed by atoms with Gasteiger partial charge in [-0.25, -0.2) is 0 Å². The van der Waals surface area contributed by atoms with Gasteiger partial charge in [0.25, 0.3) is 5.91 Å². The van der Waals surface area contributed by atoms with Crippen molar-refractivity contribution in [2.24, 2.45) is 0 Å². The number of hydrogen-bond acceptors (Lipinski definition) is 3. The molecule has 0 fully saturated rings. The summed E-state index contributed by atoms with van der Waals surface area (Å²) in [5.74, 6) is 0.351. The highest BCUT2D eigenvalue weighted by Crippen LogP contribution is 2.26. The van der Waals surface area contributed by atoms with Gasteiger partial charge in [0, 0.05) is 17.5 Å². The molecule has 0 unspecified atom stereocenters. The Labute approximate surface area is 254 Å². The first-order chi connectivity index (χ1) is 18.6. The van der Waals surface area contributed by atoms with Gasteiger partial charge in [-0.1, -0.05) is 119 Å². The van der Waals surface area contributed by atoms with Gasteiger partial charge >= 0.3 is 0 Å². The molecule has 0 aliphatic heterocycles. The molecule has 0 aliphatic carbocycles. The fourth-order valence-corrected chi connectivity index (χ4v) is 5.45. The van der Waals surface area contributed by atoms with Crippen LogP contribution in [0.1, 0.15) is 105 Å². The Morgan fingerprint density at radius 2 is 1.56 bits per heavy atom. The summed E-state index contributed by atoms with van der Waals surface area (Å²) in [4.78, 5) is 13.3. The van der Waals surface area contributed by atoms with E-state index in [0.29, 0.717) is 29.5 Å². The van der Waals surface area contributed by atoms with E-state index in [9.17, 15) is 4.79 Å². The van der Waals surface area contributed by atoms with Crippen molar-refractivity contribution < 1.29 is 31.1 Å². The van der Waals surface area contributed by atoms with Crippen LogP contribution in [0.4, 0.5) is 5.69 Å². The number of benzene rings is 2. The van der Waals surface area contributed by atoms with E-state index in [1.54, 1.807) is 29.5 Å².